The van der Waals surface area contributed by atoms with Crippen molar-refractivity contribution in [1.29, 1.82) is 0 Å². The molecule has 2 aliphatic rings. The molecular formula is C14H27NO. The van der Waals surface area contributed by atoms with Gasteiger partial charge in [-0.2, -0.15) is 0 Å². The van der Waals surface area contributed by atoms with E-state index < -0.39 is 0 Å². The number of nitrogens with one attached hydrogen (secondary N) is 1. The maximum Gasteiger partial charge on any atom is 0.0649 e. The zero-order valence-corrected chi connectivity index (χ0v) is 11.3. The lowest BCUT2D eigenvalue weighted by Gasteiger charge is -2.48. The number of rotatable bonds is 0. The maximum atomic E-state index is 5.73. The molecule has 0 radical (unpaired) electrons. The summed E-state index contributed by atoms with van der Waals surface area (Å²) in [6.45, 7) is 11.2. The van der Waals surface area contributed by atoms with Crippen molar-refractivity contribution in [2.24, 2.45) is 11.3 Å². The second-order valence-corrected chi connectivity index (χ2v) is 6.98. The van der Waals surface area contributed by atoms with E-state index in [-0.39, 0.29) is 0 Å². The third-order valence-electron chi connectivity index (χ3n) is 4.47. The van der Waals surface area contributed by atoms with Crippen LogP contribution in [0.1, 0.15) is 53.4 Å². The molecular weight excluding hydrogens is 198 g/mol. The minimum Gasteiger partial charge on any atom is -0.378 e. The molecule has 0 unspecified atom stereocenters. The molecule has 1 saturated carbocycles. The molecule has 0 aromatic heterocycles. The van der Waals surface area contributed by atoms with E-state index in [0.717, 1.165) is 19.1 Å². The molecule has 1 saturated heterocycles. The summed E-state index contributed by atoms with van der Waals surface area (Å²) in [7, 11) is 0. The summed E-state index contributed by atoms with van der Waals surface area (Å²) < 4.78 is 5.73. The Bertz CT molecular complexity index is 236. The summed E-state index contributed by atoms with van der Waals surface area (Å²) >= 11 is 0. The Labute approximate surface area is 100 Å². The van der Waals surface area contributed by atoms with Crippen LogP contribution in [0.25, 0.3) is 0 Å². The molecule has 1 atom stereocenters. The van der Waals surface area contributed by atoms with Crippen molar-refractivity contribution in [1.82, 2.24) is 5.32 Å². The molecule has 16 heavy (non-hydrogen) atoms. The molecule has 1 spiro atoms. The standard InChI is InChI=1S/C14H27NO/c1-11-9-16-10-14(15-11)7-5-12(6-8-14)13(2,3)4/h11-12,15H,5-10H2,1-4H3/t11-,12?,14?/m1/s1. The highest BCUT2D eigenvalue weighted by Crippen LogP contribution is 2.42. The molecule has 2 fully saturated rings. The molecule has 1 aliphatic carbocycles. The highest BCUT2D eigenvalue weighted by molar-refractivity contribution is 4.98. The summed E-state index contributed by atoms with van der Waals surface area (Å²) in [5.74, 6) is 0.886. The molecule has 0 aromatic rings. The summed E-state index contributed by atoms with van der Waals surface area (Å²) in [4.78, 5) is 0. The molecule has 0 amide bonds. The largest absolute Gasteiger partial charge is 0.378 e. The van der Waals surface area contributed by atoms with E-state index in [1.807, 2.05) is 0 Å². The van der Waals surface area contributed by atoms with Gasteiger partial charge in [-0.15, -0.1) is 0 Å². The Balaban J connectivity index is 1.93. The van der Waals surface area contributed by atoms with Gasteiger partial charge in [-0.25, -0.2) is 0 Å². The van der Waals surface area contributed by atoms with Gasteiger partial charge in [0.05, 0.1) is 13.2 Å². The first kappa shape index (κ1) is 12.4. The summed E-state index contributed by atoms with van der Waals surface area (Å²) in [5.41, 5.74) is 0.780. The zero-order valence-electron chi connectivity index (χ0n) is 11.3. The second-order valence-electron chi connectivity index (χ2n) is 6.98. The fraction of sp³-hybridized carbons (Fsp3) is 1.00. The van der Waals surface area contributed by atoms with Crippen molar-refractivity contribution < 1.29 is 4.74 Å². The van der Waals surface area contributed by atoms with Crippen LogP contribution in [-0.4, -0.2) is 24.8 Å². The quantitative estimate of drug-likeness (QED) is 0.684. The van der Waals surface area contributed by atoms with Crippen LogP contribution < -0.4 is 5.32 Å². The van der Waals surface area contributed by atoms with E-state index in [9.17, 15) is 0 Å². The van der Waals surface area contributed by atoms with Gasteiger partial charge in [-0.1, -0.05) is 20.8 Å². The van der Waals surface area contributed by atoms with Crippen LogP contribution >= 0.6 is 0 Å². The molecule has 1 aliphatic heterocycles. The Morgan fingerprint density at radius 2 is 1.81 bits per heavy atom. The SMILES string of the molecule is C[C@@H]1COCC2(CCC(C(C)(C)C)CC2)N1. The monoisotopic (exact) mass is 225 g/mol. The average Bonchev–Trinajstić information content (AvgIpc) is 2.16. The number of morpholine rings is 1. The number of hydrogen-bond acceptors (Lipinski definition) is 2. The predicted octanol–water partition coefficient (Wildman–Crippen LogP) is 2.97. The van der Waals surface area contributed by atoms with Crippen molar-refractivity contribution in [2.45, 2.75) is 65.0 Å². The highest BCUT2D eigenvalue weighted by Gasteiger charge is 2.41. The van der Waals surface area contributed by atoms with Crippen molar-refractivity contribution in [2.75, 3.05) is 13.2 Å². The Hall–Kier alpha value is -0.0800. The second kappa shape index (κ2) is 4.30. The molecule has 2 nitrogen and oxygen atoms in total. The lowest BCUT2D eigenvalue weighted by atomic mass is 9.67. The highest BCUT2D eigenvalue weighted by atomic mass is 16.5. The first-order valence-electron chi connectivity index (χ1n) is 6.77. The van der Waals surface area contributed by atoms with Gasteiger partial charge in [0.2, 0.25) is 0 Å². The van der Waals surface area contributed by atoms with E-state index in [0.29, 0.717) is 17.0 Å². The average molecular weight is 225 g/mol. The molecule has 94 valence electrons. The minimum absolute atomic E-state index is 0.305. The van der Waals surface area contributed by atoms with Gasteiger partial charge in [-0.05, 0) is 43.9 Å². The summed E-state index contributed by atoms with van der Waals surface area (Å²) in [6.07, 6.45) is 5.29. The first-order valence-corrected chi connectivity index (χ1v) is 6.77. The van der Waals surface area contributed by atoms with Gasteiger partial charge in [0, 0.05) is 11.6 Å². The van der Waals surface area contributed by atoms with Crippen molar-refractivity contribution in [3.63, 3.8) is 0 Å². The van der Waals surface area contributed by atoms with Crippen LogP contribution in [-0.2, 0) is 4.74 Å². The van der Waals surface area contributed by atoms with Crippen LogP contribution in [0, 0.1) is 11.3 Å². The predicted molar refractivity (Wildman–Crippen MR) is 67.6 cm³/mol. The molecule has 2 heteroatoms. The lowest BCUT2D eigenvalue weighted by Crippen LogP contribution is -2.59. The third-order valence-corrected chi connectivity index (χ3v) is 4.47. The minimum atomic E-state index is 0.305. The van der Waals surface area contributed by atoms with Gasteiger partial charge >= 0.3 is 0 Å². The van der Waals surface area contributed by atoms with Crippen LogP contribution in [0.3, 0.4) is 0 Å². The third kappa shape index (κ3) is 2.60. The summed E-state index contributed by atoms with van der Waals surface area (Å²) in [6, 6.07) is 0.528. The molecule has 0 bridgehead atoms. The van der Waals surface area contributed by atoms with E-state index in [1.54, 1.807) is 0 Å². The Morgan fingerprint density at radius 1 is 1.19 bits per heavy atom. The fourth-order valence-corrected chi connectivity index (χ4v) is 3.36. The lowest BCUT2D eigenvalue weighted by molar-refractivity contribution is -0.0276. The van der Waals surface area contributed by atoms with E-state index >= 15 is 0 Å². The molecule has 1 N–H and O–H groups in total. The van der Waals surface area contributed by atoms with Gasteiger partial charge in [0.15, 0.2) is 0 Å². The van der Waals surface area contributed by atoms with E-state index in [2.05, 4.69) is 33.0 Å². The zero-order chi connectivity index (χ0) is 11.8. The van der Waals surface area contributed by atoms with Crippen LogP contribution in [0.5, 0.6) is 0 Å². The van der Waals surface area contributed by atoms with Crippen molar-refractivity contribution >= 4 is 0 Å². The van der Waals surface area contributed by atoms with Crippen molar-refractivity contribution in [3.05, 3.63) is 0 Å². The van der Waals surface area contributed by atoms with Crippen LogP contribution in [0.2, 0.25) is 0 Å². The van der Waals surface area contributed by atoms with Crippen LogP contribution in [0.15, 0.2) is 0 Å². The maximum absolute atomic E-state index is 5.73. The Morgan fingerprint density at radius 3 is 2.31 bits per heavy atom. The number of ether oxygens (including phenoxy) is 1. The smallest absolute Gasteiger partial charge is 0.0649 e. The van der Waals surface area contributed by atoms with E-state index in [1.165, 1.54) is 25.7 Å². The Kier molecular flexibility index (Phi) is 3.33. The topological polar surface area (TPSA) is 21.3 Å². The first-order chi connectivity index (χ1) is 7.41. The fourth-order valence-electron chi connectivity index (χ4n) is 3.36. The van der Waals surface area contributed by atoms with Gasteiger partial charge in [-0.3, -0.25) is 0 Å². The van der Waals surface area contributed by atoms with Gasteiger partial charge in [0.1, 0.15) is 0 Å². The van der Waals surface area contributed by atoms with E-state index in [4.69, 9.17) is 4.74 Å². The van der Waals surface area contributed by atoms with Gasteiger partial charge < -0.3 is 10.1 Å². The van der Waals surface area contributed by atoms with Crippen LogP contribution in [0.4, 0.5) is 0 Å². The number of hydrogen-bond donors (Lipinski definition) is 1. The van der Waals surface area contributed by atoms with Gasteiger partial charge in [0.25, 0.3) is 0 Å². The molecule has 0 aromatic carbocycles. The van der Waals surface area contributed by atoms with Crippen molar-refractivity contribution in [3.8, 4) is 0 Å². The summed E-state index contributed by atoms with van der Waals surface area (Å²) in [5, 5.41) is 3.78. The normalized spacial score (nSPS) is 41.2. The molecule has 1 heterocycles. The molecule has 2 rings (SSSR count).